The van der Waals surface area contributed by atoms with Crippen LogP contribution in [0.25, 0.3) is 10.9 Å². The molecule has 0 saturated carbocycles. The third kappa shape index (κ3) is 3.04. The Morgan fingerprint density at radius 3 is 2.68 bits per heavy atom. The summed E-state index contributed by atoms with van der Waals surface area (Å²) < 4.78 is 0. The number of carbonyl (C=O) groups excluding carboxylic acids is 2. The van der Waals surface area contributed by atoms with Crippen LogP contribution < -0.4 is 10.2 Å². The minimum Gasteiger partial charge on any atom is -0.353 e. The van der Waals surface area contributed by atoms with Crippen LogP contribution in [-0.4, -0.2) is 53.9 Å². The van der Waals surface area contributed by atoms with E-state index in [1.54, 1.807) is 0 Å². The fourth-order valence-electron chi connectivity index (χ4n) is 3.69. The van der Waals surface area contributed by atoms with E-state index in [4.69, 9.17) is 4.98 Å². The molecule has 1 atom stereocenters. The van der Waals surface area contributed by atoms with Crippen molar-refractivity contribution in [3.63, 3.8) is 0 Å². The number of para-hydroxylation sites is 1. The van der Waals surface area contributed by atoms with E-state index in [0.29, 0.717) is 25.9 Å². The van der Waals surface area contributed by atoms with Gasteiger partial charge in [0.1, 0.15) is 11.9 Å². The summed E-state index contributed by atoms with van der Waals surface area (Å²) in [6.07, 6.45) is 1.07. The molecular weight excluding hydrogens is 316 g/mol. The number of benzene rings is 1. The molecule has 6 nitrogen and oxygen atoms in total. The molecule has 2 aliphatic rings. The third-order valence-electron chi connectivity index (χ3n) is 5.07. The molecule has 3 heterocycles. The molecule has 0 aliphatic carbocycles. The molecule has 0 spiro atoms. The first-order valence-electron chi connectivity index (χ1n) is 8.81. The van der Waals surface area contributed by atoms with Crippen molar-refractivity contribution in [2.24, 2.45) is 0 Å². The van der Waals surface area contributed by atoms with Gasteiger partial charge in [-0.3, -0.25) is 9.59 Å². The molecule has 0 bridgehead atoms. The number of amides is 2. The van der Waals surface area contributed by atoms with Gasteiger partial charge in [-0.15, -0.1) is 0 Å². The molecule has 2 fully saturated rings. The molecular formula is C19H22N4O2. The van der Waals surface area contributed by atoms with Crippen LogP contribution in [0.15, 0.2) is 30.3 Å². The number of nitrogens with one attached hydrogen (secondary N) is 1. The van der Waals surface area contributed by atoms with Gasteiger partial charge < -0.3 is 15.1 Å². The second kappa shape index (κ2) is 6.35. The Balaban J connectivity index is 1.46. The molecule has 25 heavy (non-hydrogen) atoms. The summed E-state index contributed by atoms with van der Waals surface area (Å²) in [5.74, 6) is 1.03. The normalized spacial score (nSPS) is 20.8. The molecule has 2 amide bonds. The second-order valence-electron chi connectivity index (χ2n) is 6.79. The summed E-state index contributed by atoms with van der Waals surface area (Å²) in [6.45, 7) is 4.94. The molecule has 2 aliphatic heterocycles. The number of piperazine rings is 1. The molecule has 6 heteroatoms. The standard InChI is InChI=1S/C19H22N4O2/c1-13-12-14-4-2-3-5-15(14)21-18(13)22-8-10-23(11-9-22)19(25)16-6-7-17(24)20-16/h2-5,12,16H,6-11H2,1H3,(H,20,24). The minimum atomic E-state index is -0.334. The SMILES string of the molecule is Cc1cc2ccccc2nc1N1CCN(C(=O)C2CCC(=O)N2)CC1. The van der Waals surface area contributed by atoms with Gasteiger partial charge in [0, 0.05) is 38.0 Å². The summed E-state index contributed by atoms with van der Waals surface area (Å²) in [5, 5.41) is 3.91. The Hall–Kier alpha value is -2.63. The quantitative estimate of drug-likeness (QED) is 0.901. The predicted octanol–water partition coefficient (Wildman–Crippen LogP) is 1.47. The lowest BCUT2D eigenvalue weighted by Crippen LogP contribution is -2.53. The maximum atomic E-state index is 12.5. The Kier molecular flexibility index (Phi) is 4.03. The highest BCUT2D eigenvalue weighted by molar-refractivity contribution is 5.91. The van der Waals surface area contributed by atoms with Gasteiger partial charge in [-0.1, -0.05) is 18.2 Å². The van der Waals surface area contributed by atoms with Crippen molar-refractivity contribution in [3.8, 4) is 0 Å². The van der Waals surface area contributed by atoms with Gasteiger partial charge in [0.2, 0.25) is 11.8 Å². The van der Waals surface area contributed by atoms with Crippen LogP contribution >= 0.6 is 0 Å². The highest BCUT2D eigenvalue weighted by Crippen LogP contribution is 2.24. The van der Waals surface area contributed by atoms with Crippen molar-refractivity contribution in [2.45, 2.75) is 25.8 Å². The zero-order chi connectivity index (χ0) is 17.4. The molecule has 1 aromatic heterocycles. The lowest BCUT2D eigenvalue weighted by atomic mass is 10.1. The molecule has 1 N–H and O–H groups in total. The van der Waals surface area contributed by atoms with Crippen molar-refractivity contribution >= 4 is 28.5 Å². The Morgan fingerprint density at radius 1 is 1.20 bits per heavy atom. The Morgan fingerprint density at radius 2 is 1.96 bits per heavy atom. The highest BCUT2D eigenvalue weighted by Gasteiger charge is 2.32. The molecule has 4 rings (SSSR count). The summed E-state index contributed by atoms with van der Waals surface area (Å²) in [4.78, 5) is 32.8. The number of aryl methyl sites for hydroxylation is 1. The summed E-state index contributed by atoms with van der Waals surface area (Å²) in [7, 11) is 0. The van der Waals surface area contributed by atoms with Crippen LogP contribution in [0, 0.1) is 6.92 Å². The number of hydrogen-bond donors (Lipinski definition) is 1. The van der Waals surface area contributed by atoms with Gasteiger partial charge in [0.25, 0.3) is 0 Å². The lowest BCUT2D eigenvalue weighted by molar-refractivity contribution is -0.134. The topological polar surface area (TPSA) is 65.5 Å². The summed E-state index contributed by atoms with van der Waals surface area (Å²) >= 11 is 0. The number of hydrogen-bond acceptors (Lipinski definition) is 4. The predicted molar refractivity (Wildman–Crippen MR) is 96.4 cm³/mol. The number of carbonyl (C=O) groups is 2. The fourth-order valence-corrected chi connectivity index (χ4v) is 3.69. The Labute approximate surface area is 146 Å². The van der Waals surface area contributed by atoms with E-state index < -0.39 is 0 Å². The average Bonchev–Trinajstić information content (AvgIpc) is 3.07. The first-order valence-corrected chi connectivity index (χ1v) is 8.81. The maximum Gasteiger partial charge on any atom is 0.245 e. The Bertz CT molecular complexity index is 827. The number of rotatable bonds is 2. The van der Waals surface area contributed by atoms with Crippen molar-refractivity contribution in [1.82, 2.24) is 15.2 Å². The average molecular weight is 338 g/mol. The van der Waals surface area contributed by atoms with Crippen LogP contribution in [0.4, 0.5) is 5.82 Å². The van der Waals surface area contributed by atoms with Gasteiger partial charge in [-0.2, -0.15) is 0 Å². The third-order valence-corrected chi connectivity index (χ3v) is 5.07. The van der Waals surface area contributed by atoms with Crippen LogP contribution in [0.1, 0.15) is 18.4 Å². The summed E-state index contributed by atoms with van der Waals surface area (Å²) in [5.41, 5.74) is 2.15. The maximum absolute atomic E-state index is 12.5. The monoisotopic (exact) mass is 338 g/mol. The summed E-state index contributed by atoms with van der Waals surface area (Å²) in [6, 6.07) is 9.96. The number of aromatic nitrogens is 1. The van der Waals surface area contributed by atoms with Crippen molar-refractivity contribution in [3.05, 3.63) is 35.9 Å². The van der Waals surface area contributed by atoms with E-state index >= 15 is 0 Å². The van der Waals surface area contributed by atoms with E-state index in [1.807, 2.05) is 23.1 Å². The van der Waals surface area contributed by atoms with Gasteiger partial charge in [-0.25, -0.2) is 4.98 Å². The van der Waals surface area contributed by atoms with Crippen LogP contribution in [0.3, 0.4) is 0 Å². The smallest absolute Gasteiger partial charge is 0.245 e. The molecule has 130 valence electrons. The van der Waals surface area contributed by atoms with Crippen molar-refractivity contribution in [1.29, 1.82) is 0 Å². The van der Waals surface area contributed by atoms with E-state index in [-0.39, 0.29) is 17.9 Å². The van der Waals surface area contributed by atoms with Gasteiger partial charge in [0.05, 0.1) is 5.52 Å². The highest BCUT2D eigenvalue weighted by atomic mass is 16.2. The molecule has 2 aromatic rings. The van der Waals surface area contributed by atoms with Crippen LogP contribution in [0.2, 0.25) is 0 Å². The lowest BCUT2D eigenvalue weighted by Gasteiger charge is -2.37. The number of nitrogens with zero attached hydrogens (tertiary/aromatic N) is 3. The van der Waals surface area contributed by atoms with Crippen molar-refractivity contribution in [2.75, 3.05) is 31.1 Å². The largest absolute Gasteiger partial charge is 0.353 e. The van der Waals surface area contributed by atoms with E-state index in [1.165, 1.54) is 0 Å². The van der Waals surface area contributed by atoms with Crippen LogP contribution in [0.5, 0.6) is 0 Å². The van der Waals surface area contributed by atoms with Gasteiger partial charge >= 0.3 is 0 Å². The van der Waals surface area contributed by atoms with Gasteiger partial charge in [0.15, 0.2) is 0 Å². The molecule has 1 unspecified atom stereocenters. The van der Waals surface area contributed by atoms with E-state index in [0.717, 1.165) is 35.4 Å². The second-order valence-corrected chi connectivity index (χ2v) is 6.79. The molecule has 2 saturated heterocycles. The van der Waals surface area contributed by atoms with Crippen molar-refractivity contribution < 1.29 is 9.59 Å². The minimum absolute atomic E-state index is 0.0204. The van der Waals surface area contributed by atoms with Gasteiger partial charge in [-0.05, 0) is 31.0 Å². The van der Waals surface area contributed by atoms with E-state index in [9.17, 15) is 9.59 Å². The zero-order valence-electron chi connectivity index (χ0n) is 14.4. The first kappa shape index (κ1) is 15.9. The number of anilines is 1. The molecule has 1 aromatic carbocycles. The van der Waals surface area contributed by atoms with E-state index in [2.05, 4.69) is 29.3 Å². The van der Waals surface area contributed by atoms with Crippen LogP contribution in [-0.2, 0) is 9.59 Å². The number of fused-ring (bicyclic) bond motifs is 1. The zero-order valence-corrected chi connectivity index (χ0v) is 14.4. The fraction of sp³-hybridized carbons (Fsp3) is 0.421. The number of pyridine rings is 1. The first-order chi connectivity index (χ1) is 12.1. The molecule has 0 radical (unpaired) electrons.